The summed E-state index contributed by atoms with van der Waals surface area (Å²) >= 11 is 0. The summed E-state index contributed by atoms with van der Waals surface area (Å²) in [4.78, 5) is 13.9. The number of likely N-dealkylation sites (tertiary alicyclic amines) is 1. The molecule has 2 aliphatic rings. The number of nitrogens with zero attached hydrogens (tertiary/aromatic N) is 1. The van der Waals surface area contributed by atoms with Crippen LogP contribution in [0.2, 0.25) is 0 Å². The van der Waals surface area contributed by atoms with Gasteiger partial charge < -0.3 is 14.7 Å². The summed E-state index contributed by atoms with van der Waals surface area (Å²) < 4.78 is 5.44. The van der Waals surface area contributed by atoms with Crippen molar-refractivity contribution in [1.82, 2.24) is 4.90 Å². The van der Waals surface area contributed by atoms with Crippen molar-refractivity contribution >= 4 is 6.09 Å². The Labute approximate surface area is 116 Å². The van der Waals surface area contributed by atoms with Crippen LogP contribution in [-0.4, -0.2) is 40.9 Å². The molecule has 1 saturated heterocycles. The Kier molecular flexibility index (Phi) is 4.09. The number of carbonyl (C=O) groups excluding carboxylic acids is 1. The zero-order valence-electron chi connectivity index (χ0n) is 12.4. The van der Waals surface area contributed by atoms with Crippen LogP contribution >= 0.6 is 0 Å². The minimum Gasteiger partial charge on any atom is -0.444 e. The summed E-state index contributed by atoms with van der Waals surface area (Å²) in [5.41, 5.74) is -0.0918. The van der Waals surface area contributed by atoms with Crippen LogP contribution in [0, 0.1) is 5.41 Å². The van der Waals surface area contributed by atoms with Gasteiger partial charge in [0.2, 0.25) is 0 Å². The molecule has 0 aromatic heterocycles. The molecule has 1 aliphatic carbocycles. The molecule has 4 nitrogen and oxygen atoms in total. The molecule has 1 heterocycles. The highest BCUT2D eigenvalue weighted by atomic mass is 16.6. The maximum Gasteiger partial charge on any atom is 0.410 e. The second kappa shape index (κ2) is 5.31. The van der Waals surface area contributed by atoms with Gasteiger partial charge in [-0.1, -0.05) is 12.8 Å². The van der Waals surface area contributed by atoms with Gasteiger partial charge in [-0.25, -0.2) is 4.79 Å². The van der Waals surface area contributed by atoms with Gasteiger partial charge in [-0.05, 0) is 51.9 Å². The molecular weight excluding hydrogens is 242 g/mol. The smallest absolute Gasteiger partial charge is 0.410 e. The van der Waals surface area contributed by atoms with Crippen molar-refractivity contribution in [3.63, 3.8) is 0 Å². The van der Waals surface area contributed by atoms with E-state index >= 15 is 0 Å². The van der Waals surface area contributed by atoms with E-state index in [1.54, 1.807) is 4.90 Å². The van der Waals surface area contributed by atoms with Crippen LogP contribution < -0.4 is 0 Å². The van der Waals surface area contributed by atoms with Crippen LogP contribution in [0.5, 0.6) is 0 Å². The lowest BCUT2D eigenvalue weighted by Gasteiger charge is -2.44. The van der Waals surface area contributed by atoms with Crippen molar-refractivity contribution in [2.24, 2.45) is 5.41 Å². The average Bonchev–Trinajstić information content (AvgIpc) is 2.75. The Balaban J connectivity index is 2.01. The van der Waals surface area contributed by atoms with Crippen LogP contribution in [-0.2, 0) is 4.74 Å². The quantitative estimate of drug-likeness (QED) is 0.796. The molecule has 0 bridgehead atoms. The number of aliphatic hydroxyl groups excluding tert-OH is 1. The van der Waals surface area contributed by atoms with E-state index < -0.39 is 5.60 Å². The van der Waals surface area contributed by atoms with Crippen molar-refractivity contribution in [3.05, 3.63) is 0 Å². The van der Waals surface area contributed by atoms with Crippen molar-refractivity contribution in [2.75, 3.05) is 13.2 Å². The SMILES string of the molecule is CC(C)(C)OC(=O)N1CCC2(CCCC2)CC1CO. The lowest BCUT2D eigenvalue weighted by Crippen LogP contribution is -2.52. The second-order valence-electron chi connectivity index (χ2n) is 7.17. The fraction of sp³-hybridized carbons (Fsp3) is 0.933. The number of aliphatic hydroxyl groups is 1. The van der Waals surface area contributed by atoms with Crippen LogP contribution in [0.1, 0.15) is 59.3 Å². The van der Waals surface area contributed by atoms with Gasteiger partial charge in [-0.3, -0.25) is 0 Å². The highest BCUT2D eigenvalue weighted by molar-refractivity contribution is 5.68. The Morgan fingerprint density at radius 2 is 1.95 bits per heavy atom. The maximum atomic E-state index is 12.2. The van der Waals surface area contributed by atoms with Crippen LogP contribution in [0.4, 0.5) is 4.79 Å². The third-order valence-electron chi connectivity index (χ3n) is 4.50. The van der Waals surface area contributed by atoms with Gasteiger partial charge in [-0.15, -0.1) is 0 Å². The normalized spacial score (nSPS) is 26.7. The van der Waals surface area contributed by atoms with Gasteiger partial charge in [0.15, 0.2) is 0 Å². The lowest BCUT2D eigenvalue weighted by atomic mass is 9.74. The number of piperidine rings is 1. The summed E-state index contributed by atoms with van der Waals surface area (Å²) in [7, 11) is 0. The van der Waals surface area contributed by atoms with Gasteiger partial charge in [0.05, 0.1) is 12.6 Å². The molecule has 1 N–H and O–H groups in total. The number of hydrogen-bond acceptors (Lipinski definition) is 3. The summed E-state index contributed by atoms with van der Waals surface area (Å²) in [6.45, 7) is 6.39. The number of ether oxygens (including phenoxy) is 1. The van der Waals surface area contributed by atoms with Gasteiger partial charge in [-0.2, -0.15) is 0 Å². The first-order chi connectivity index (χ1) is 8.85. The van der Waals surface area contributed by atoms with Crippen LogP contribution in [0.3, 0.4) is 0 Å². The monoisotopic (exact) mass is 269 g/mol. The van der Waals surface area contributed by atoms with Crippen molar-refractivity contribution in [3.8, 4) is 0 Å². The minimum absolute atomic E-state index is 0.0427. The van der Waals surface area contributed by atoms with E-state index in [1.807, 2.05) is 20.8 Å². The predicted octanol–water partition coefficient (Wildman–Crippen LogP) is 2.94. The van der Waals surface area contributed by atoms with E-state index in [0.717, 1.165) is 19.4 Å². The molecule has 2 fully saturated rings. The molecule has 1 unspecified atom stereocenters. The Morgan fingerprint density at radius 1 is 1.32 bits per heavy atom. The molecule has 110 valence electrons. The molecule has 2 rings (SSSR count). The Morgan fingerprint density at radius 3 is 2.47 bits per heavy atom. The maximum absolute atomic E-state index is 12.2. The van der Waals surface area contributed by atoms with Gasteiger partial charge >= 0.3 is 6.09 Å². The van der Waals surface area contributed by atoms with E-state index in [4.69, 9.17) is 4.74 Å². The first-order valence-corrected chi connectivity index (χ1v) is 7.46. The third-order valence-corrected chi connectivity index (χ3v) is 4.50. The standard InChI is InChI=1S/C15H27NO3/c1-14(2,3)19-13(18)16-9-8-15(6-4-5-7-15)10-12(16)11-17/h12,17H,4-11H2,1-3H3. The fourth-order valence-electron chi connectivity index (χ4n) is 3.56. The molecule has 4 heteroatoms. The summed E-state index contributed by atoms with van der Waals surface area (Å²) in [6.07, 6.45) is 6.82. The van der Waals surface area contributed by atoms with Crippen molar-refractivity contribution in [1.29, 1.82) is 0 Å². The lowest BCUT2D eigenvalue weighted by molar-refractivity contribution is -0.0189. The molecule has 0 aromatic carbocycles. The van der Waals surface area contributed by atoms with Crippen molar-refractivity contribution in [2.45, 2.75) is 70.9 Å². The van der Waals surface area contributed by atoms with E-state index in [-0.39, 0.29) is 18.7 Å². The number of carbonyl (C=O) groups is 1. The van der Waals surface area contributed by atoms with Gasteiger partial charge in [0.1, 0.15) is 5.60 Å². The molecule has 1 amide bonds. The largest absolute Gasteiger partial charge is 0.444 e. The Hall–Kier alpha value is -0.770. The topological polar surface area (TPSA) is 49.8 Å². The van der Waals surface area contributed by atoms with Crippen molar-refractivity contribution < 1.29 is 14.6 Å². The molecule has 1 saturated carbocycles. The molecule has 0 aromatic rings. The summed E-state index contributed by atoms with van der Waals surface area (Å²) in [6, 6.07) is -0.0679. The first kappa shape index (κ1) is 14.6. The highest BCUT2D eigenvalue weighted by Gasteiger charge is 2.43. The van der Waals surface area contributed by atoms with E-state index in [9.17, 15) is 9.90 Å². The molecule has 19 heavy (non-hydrogen) atoms. The molecular formula is C15H27NO3. The zero-order valence-corrected chi connectivity index (χ0v) is 12.4. The van der Waals surface area contributed by atoms with E-state index in [2.05, 4.69) is 0 Å². The van der Waals surface area contributed by atoms with Crippen LogP contribution in [0.15, 0.2) is 0 Å². The molecule has 1 spiro atoms. The molecule has 1 aliphatic heterocycles. The second-order valence-corrected chi connectivity index (χ2v) is 7.17. The minimum atomic E-state index is -0.473. The number of amides is 1. The zero-order chi connectivity index (χ0) is 14.1. The molecule has 1 atom stereocenters. The molecule has 0 radical (unpaired) electrons. The summed E-state index contributed by atoms with van der Waals surface area (Å²) in [5.74, 6) is 0. The number of rotatable bonds is 1. The average molecular weight is 269 g/mol. The Bertz CT molecular complexity index is 329. The third kappa shape index (κ3) is 3.41. The summed E-state index contributed by atoms with van der Waals surface area (Å²) in [5, 5.41) is 9.60. The predicted molar refractivity (Wildman–Crippen MR) is 73.9 cm³/mol. The van der Waals surface area contributed by atoms with Gasteiger partial charge in [0, 0.05) is 6.54 Å². The highest BCUT2D eigenvalue weighted by Crippen LogP contribution is 2.48. The van der Waals surface area contributed by atoms with Gasteiger partial charge in [0.25, 0.3) is 0 Å². The number of hydrogen-bond donors (Lipinski definition) is 1. The van der Waals surface area contributed by atoms with Crippen LogP contribution in [0.25, 0.3) is 0 Å². The van der Waals surface area contributed by atoms with E-state index in [0.29, 0.717) is 5.41 Å². The van der Waals surface area contributed by atoms with E-state index in [1.165, 1.54) is 25.7 Å². The first-order valence-electron chi connectivity index (χ1n) is 7.46. The fourth-order valence-corrected chi connectivity index (χ4v) is 3.56.